The van der Waals surface area contributed by atoms with Crippen LogP contribution in [0.15, 0.2) is 273 Å². The fourth-order valence-electron chi connectivity index (χ4n) is 8.90. The van der Waals surface area contributed by atoms with Gasteiger partial charge >= 0.3 is 0 Å². The van der Waals surface area contributed by atoms with Gasteiger partial charge in [0.15, 0.2) is 0 Å². The summed E-state index contributed by atoms with van der Waals surface area (Å²) in [5.41, 5.74) is 15.2. The number of hydrogen-bond donors (Lipinski definition) is 0. The van der Waals surface area contributed by atoms with Crippen LogP contribution in [0.3, 0.4) is 0 Å². The standard InChI is InChI=1S/C64H45N/c1-5-15-46(16-6-1)47-25-27-48(28-26-47)49-29-37-57(38-30-49)65(59-41-33-54(34-42-59)62-44-35-53-21-13-14-24-61(53)64(62)55-22-11-4-12-23-55)58-39-31-50(32-40-58)56-36-43-60(51-17-7-2-8-18-51)63(45-56)52-19-9-3-10-20-52/h1-45H/i31D,32D,39D,40D. The zero-order chi connectivity index (χ0) is 46.8. The zero-order valence-corrected chi connectivity index (χ0v) is 35.6. The molecule has 0 spiro atoms. The van der Waals surface area contributed by atoms with Gasteiger partial charge in [-0.2, -0.15) is 0 Å². The van der Waals surface area contributed by atoms with E-state index in [2.05, 4.69) is 146 Å². The zero-order valence-electron chi connectivity index (χ0n) is 39.6. The average Bonchev–Trinajstić information content (AvgIpc) is 3.42. The quantitative estimate of drug-likeness (QED) is 0.133. The van der Waals surface area contributed by atoms with Crippen LogP contribution in [0.5, 0.6) is 0 Å². The van der Waals surface area contributed by atoms with Crippen LogP contribution < -0.4 is 4.90 Å². The number of anilines is 3. The lowest BCUT2D eigenvalue weighted by molar-refractivity contribution is 1.28. The molecule has 0 aliphatic carbocycles. The lowest BCUT2D eigenvalue weighted by atomic mass is 9.90. The lowest BCUT2D eigenvalue weighted by Gasteiger charge is -2.26. The summed E-state index contributed by atoms with van der Waals surface area (Å²) in [6.07, 6.45) is 0. The molecule has 0 unspecified atom stereocenters. The second kappa shape index (κ2) is 17.7. The molecule has 1 nitrogen and oxygen atoms in total. The highest BCUT2D eigenvalue weighted by Crippen LogP contribution is 2.42. The summed E-state index contributed by atoms with van der Waals surface area (Å²) in [7, 11) is 0. The van der Waals surface area contributed by atoms with Crippen molar-refractivity contribution in [2.45, 2.75) is 0 Å². The van der Waals surface area contributed by atoms with E-state index in [1.54, 1.807) is 0 Å². The minimum atomic E-state index is -0.134. The van der Waals surface area contributed by atoms with E-state index in [1.165, 1.54) is 0 Å². The molecule has 0 heterocycles. The number of rotatable bonds is 10. The normalized spacial score (nSPS) is 11.9. The molecule has 0 aromatic heterocycles. The predicted molar refractivity (Wildman–Crippen MR) is 277 cm³/mol. The Kier molecular flexibility index (Phi) is 9.52. The predicted octanol–water partition coefficient (Wildman–Crippen LogP) is 18.0. The molecule has 0 N–H and O–H groups in total. The highest BCUT2D eigenvalue weighted by atomic mass is 15.1. The van der Waals surface area contributed by atoms with Gasteiger partial charge in [0.1, 0.15) is 0 Å². The van der Waals surface area contributed by atoms with Gasteiger partial charge in [-0.15, -0.1) is 0 Å². The second-order valence-electron chi connectivity index (χ2n) is 16.2. The molecule has 0 atom stereocenters. The first-order valence-electron chi connectivity index (χ1n) is 24.0. The molecule has 0 saturated heterocycles. The van der Waals surface area contributed by atoms with Crippen molar-refractivity contribution in [1.82, 2.24) is 0 Å². The van der Waals surface area contributed by atoms with Crippen molar-refractivity contribution in [3.05, 3.63) is 273 Å². The van der Waals surface area contributed by atoms with E-state index in [1.807, 2.05) is 108 Å². The van der Waals surface area contributed by atoms with Crippen molar-refractivity contribution in [1.29, 1.82) is 0 Å². The van der Waals surface area contributed by atoms with Crippen LogP contribution >= 0.6 is 0 Å². The fraction of sp³-hybridized carbons (Fsp3) is 0. The summed E-state index contributed by atoms with van der Waals surface area (Å²) in [5, 5.41) is 2.32. The van der Waals surface area contributed by atoms with Crippen LogP contribution in [-0.2, 0) is 0 Å². The summed E-state index contributed by atoms with van der Waals surface area (Å²) in [6, 6.07) is 84.2. The Morgan fingerprint density at radius 1 is 0.246 bits per heavy atom. The van der Waals surface area contributed by atoms with E-state index in [9.17, 15) is 5.48 Å². The van der Waals surface area contributed by atoms with E-state index in [4.69, 9.17) is 0 Å². The molecule has 0 aliphatic heterocycles. The smallest absolute Gasteiger partial charge is 0.0645 e. The Morgan fingerprint density at radius 2 is 0.646 bits per heavy atom. The maximum atomic E-state index is 9.76. The molecule has 65 heavy (non-hydrogen) atoms. The summed E-state index contributed by atoms with van der Waals surface area (Å²) >= 11 is 0. The molecule has 11 rings (SSSR count). The van der Waals surface area contributed by atoms with E-state index < -0.39 is 0 Å². The molecule has 11 aromatic rings. The van der Waals surface area contributed by atoms with Crippen molar-refractivity contribution >= 4 is 27.8 Å². The first-order chi connectivity index (χ1) is 33.9. The first-order valence-corrected chi connectivity index (χ1v) is 22.0. The van der Waals surface area contributed by atoms with Crippen LogP contribution in [0, 0.1) is 0 Å². The van der Waals surface area contributed by atoms with Crippen LogP contribution in [0.4, 0.5) is 17.1 Å². The maximum Gasteiger partial charge on any atom is 0.0645 e. The van der Waals surface area contributed by atoms with Crippen molar-refractivity contribution in [2.75, 3.05) is 4.90 Å². The minimum Gasteiger partial charge on any atom is -0.311 e. The minimum absolute atomic E-state index is 0.113. The molecular formula is C64H45N. The first kappa shape index (κ1) is 35.0. The summed E-state index contributed by atoms with van der Waals surface area (Å²) < 4.78 is 38.8. The molecule has 0 aliphatic rings. The monoisotopic (exact) mass is 831 g/mol. The Bertz CT molecular complexity index is 3570. The third-order valence-corrected chi connectivity index (χ3v) is 12.2. The van der Waals surface area contributed by atoms with Gasteiger partial charge in [0.25, 0.3) is 0 Å². The SMILES string of the molecule is [2H]c1c([2H])c(N(c2ccc(-c3ccc(-c4ccccc4)cc3)cc2)c2ccc(-c3ccc4ccccc4c3-c3ccccc3)cc2)c([2H])c([2H])c1-c1ccc(-c2ccccc2)c(-c2ccccc2)c1. The van der Waals surface area contributed by atoms with E-state index in [0.717, 1.165) is 77.5 Å². The summed E-state index contributed by atoms with van der Waals surface area (Å²) in [5.74, 6) is 0. The number of benzene rings is 11. The van der Waals surface area contributed by atoms with Crippen molar-refractivity contribution in [2.24, 2.45) is 0 Å². The molecule has 306 valence electrons. The lowest BCUT2D eigenvalue weighted by Crippen LogP contribution is -2.09. The van der Waals surface area contributed by atoms with Gasteiger partial charge in [-0.3, -0.25) is 0 Å². The van der Waals surface area contributed by atoms with Crippen LogP contribution in [0.25, 0.3) is 88.7 Å². The second-order valence-corrected chi connectivity index (χ2v) is 16.2. The largest absolute Gasteiger partial charge is 0.311 e. The molecule has 0 radical (unpaired) electrons. The van der Waals surface area contributed by atoms with Gasteiger partial charge in [0, 0.05) is 17.1 Å². The van der Waals surface area contributed by atoms with Gasteiger partial charge < -0.3 is 4.90 Å². The number of fused-ring (bicyclic) bond motifs is 1. The molecule has 1 heteroatoms. The summed E-state index contributed by atoms with van der Waals surface area (Å²) in [4.78, 5) is 1.86. The van der Waals surface area contributed by atoms with Crippen LogP contribution in [-0.4, -0.2) is 0 Å². The van der Waals surface area contributed by atoms with Gasteiger partial charge in [-0.25, -0.2) is 0 Å². The van der Waals surface area contributed by atoms with Crippen molar-refractivity contribution < 1.29 is 5.48 Å². The van der Waals surface area contributed by atoms with E-state index in [-0.39, 0.29) is 35.4 Å². The number of hydrogen-bond acceptors (Lipinski definition) is 1. The molecule has 11 aromatic carbocycles. The molecule has 0 fully saturated rings. The van der Waals surface area contributed by atoms with E-state index in [0.29, 0.717) is 16.9 Å². The van der Waals surface area contributed by atoms with Crippen LogP contribution in [0.2, 0.25) is 0 Å². The third-order valence-electron chi connectivity index (χ3n) is 12.2. The topological polar surface area (TPSA) is 3.24 Å². The molecular weight excluding hydrogens is 783 g/mol. The van der Waals surface area contributed by atoms with Gasteiger partial charge in [0.05, 0.1) is 5.48 Å². The van der Waals surface area contributed by atoms with E-state index >= 15 is 0 Å². The summed E-state index contributed by atoms with van der Waals surface area (Å²) in [6.45, 7) is 0. The van der Waals surface area contributed by atoms with Gasteiger partial charge in [0.2, 0.25) is 0 Å². The van der Waals surface area contributed by atoms with Crippen molar-refractivity contribution in [3.8, 4) is 77.9 Å². The van der Waals surface area contributed by atoms with Gasteiger partial charge in [-0.05, 0) is 131 Å². The Hall–Kier alpha value is -8.52. The average molecular weight is 832 g/mol. The number of nitrogens with zero attached hydrogens (tertiary/aromatic N) is 1. The molecule has 0 bridgehead atoms. The van der Waals surface area contributed by atoms with Crippen LogP contribution in [0.1, 0.15) is 5.48 Å². The Balaban J connectivity index is 1.04. The fourth-order valence-corrected chi connectivity index (χ4v) is 8.90. The molecule has 0 saturated carbocycles. The van der Waals surface area contributed by atoms with Gasteiger partial charge in [-0.1, -0.05) is 230 Å². The third kappa shape index (κ3) is 8.04. The highest BCUT2D eigenvalue weighted by molar-refractivity contribution is 6.04. The Labute approximate surface area is 387 Å². The maximum absolute atomic E-state index is 9.76. The van der Waals surface area contributed by atoms with Crippen molar-refractivity contribution in [3.63, 3.8) is 0 Å². The molecule has 0 amide bonds. The highest BCUT2D eigenvalue weighted by Gasteiger charge is 2.17. The Morgan fingerprint density at radius 3 is 1.22 bits per heavy atom.